The van der Waals surface area contributed by atoms with Gasteiger partial charge < -0.3 is 5.73 Å². The van der Waals surface area contributed by atoms with E-state index in [9.17, 15) is 19.2 Å². The highest BCUT2D eigenvalue weighted by molar-refractivity contribution is 5.97. The molecule has 0 saturated carbocycles. The first-order valence-corrected chi connectivity index (χ1v) is 13.7. The maximum atomic E-state index is 13.7. The molecule has 5 aromatic rings. The van der Waals surface area contributed by atoms with Crippen LogP contribution in [0.2, 0.25) is 0 Å². The summed E-state index contributed by atoms with van der Waals surface area (Å²) >= 11 is 0. The smallest absolute Gasteiger partial charge is 0.263 e. The van der Waals surface area contributed by atoms with Crippen LogP contribution in [-0.4, -0.2) is 9.13 Å². The summed E-state index contributed by atoms with van der Waals surface area (Å²) in [5.74, 6) is 0. The molecule has 0 radical (unpaired) electrons. The summed E-state index contributed by atoms with van der Waals surface area (Å²) < 4.78 is 2.10. The molecule has 2 unspecified atom stereocenters. The summed E-state index contributed by atoms with van der Waals surface area (Å²) in [6.07, 6.45) is 1.94. The SMILES string of the molecule is CCCC(N)(c1ccc(C2(C)CC(C)(C)c3ccccc32)cc1)n1c(=O)c2cc3c(=O)n(C)c(=O)c3cc2c1=O. The zero-order valence-corrected chi connectivity index (χ0v) is 23.5. The Kier molecular flexibility index (Phi) is 5.52. The molecule has 3 aromatic carbocycles. The molecule has 1 aliphatic rings. The van der Waals surface area contributed by atoms with Crippen molar-refractivity contribution in [2.45, 2.75) is 63.5 Å². The Labute approximate surface area is 231 Å². The quantitative estimate of drug-likeness (QED) is 0.368. The van der Waals surface area contributed by atoms with Crippen molar-refractivity contribution in [3.8, 4) is 0 Å². The van der Waals surface area contributed by atoms with Crippen molar-refractivity contribution in [3.63, 3.8) is 0 Å². The van der Waals surface area contributed by atoms with Crippen LogP contribution in [0.4, 0.5) is 0 Å². The highest BCUT2D eigenvalue weighted by Gasteiger charge is 2.45. The molecule has 0 saturated heterocycles. The lowest BCUT2D eigenvalue weighted by Crippen LogP contribution is -2.52. The first-order chi connectivity index (χ1) is 18.8. The molecule has 40 heavy (non-hydrogen) atoms. The van der Waals surface area contributed by atoms with E-state index in [0.29, 0.717) is 18.4 Å². The lowest BCUT2D eigenvalue weighted by molar-refractivity contribution is 0.323. The third-order valence-corrected chi connectivity index (χ3v) is 9.19. The number of fused-ring (bicyclic) bond motifs is 3. The van der Waals surface area contributed by atoms with E-state index in [1.54, 1.807) is 0 Å². The van der Waals surface area contributed by atoms with Gasteiger partial charge in [0.2, 0.25) is 0 Å². The van der Waals surface area contributed by atoms with Crippen molar-refractivity contribution >= 4 is 21.5 Å². The maximum absolute atomic E-state index is 13.7. The Morgan fingerprint density at radius 1 is 0.775 bits per heavy atom. The number of aromatic nitrogens is 2. The second-order valence-corrected chi connectivity index (χ2v) is 12.2. The van der Waals surface area contributed by atoms with Gasteiger partial charge in [0.05, 0.1) is 21.5 Å². The minimum absolute atomic E-state index is 0.0296. The maximum Gasteiger partial charge on any atom is 0.263 e. The standard InChI is InChI=1S/C33H33N3O4/c1-6-15-33(34,36-29(39)23-16-21-22(17-24(23)30(36)40)28(38)35(5)27(21)37)20-13-11-19(12-14-20)32(4)18-31(2,3)25-9-7-8-10-26(25)32/h7-14,16-17H,6,15,18,34H2,1-5H3. The van der Waals surface area contributed by atoms with E-state index in [1.165, 1.54) is 30.3 Å². The normalized spacial score (nSPS) is 19.8. The van der Waals surface area contributed by atoms with Gasteiger partial charge in [0.25, 0.3) is 22.2 Å². The predicted octanol–water partition coefficient (Wildman–Crippen LogP) is 3.90. The van der Waals surface area contributed by atoms with E-state index in [-0.39, 0.29) is 32.4 Å². The highest BCUT2D eigenvalue weighted by Crippen LogP contribution is 2.52. The average molecular weight is 536 g/mol. The van der Waals surface area contributed by atoms with Crippen molar-refractivity contribution < 1.29 is 0 Å². The molecule has 7 nitrogen and oxygen atoms in total. The number of hydrogen-bond acceptors (Lipinski definition) is 5. The fourth-order valence-electron chi connectivity index (χ4n) is 7.24. The molecule has 2 aromatic heterocycles. The second kappa shape index (κ2) is 8.45. The van der Waals surface area contributed by atoms with Gasteiger partial charge in [0.15, 0.2) is 0 Å². The lowest BCUT2D eigenvalue weighted by atomic mass is 9.74. The third kappa shape index (κ3) is 3.33. The van der Waals surface area contributed by atoms with E-state index in [2.05, 4.69) is 57.2 Å². The zero-order valence-electron chi connectivity index (χ0n) is 23.5. The number of hydrogen-bond donors (Lipinski definition) is 1. The van der Waals surface area contributed by atoms with Gasteiger partial charge in [0, 0.05) is 12.5 Å². The van der Waals surface area contributed by atoms with Crippen molar-refractivity contribution in [3.05, 3.63) is 124 Å². The topological polar surface area (TPSA) is 104 Å². The van der Waals surface area contributed by atoms with Gasteiger partial charge >= 0.3 is 0 Å². The van der Waals surface area contributed by atoms with E-state index < -0.39 is 27.9 Å². The summed E-state index contributed by atoms with van der Waals surface area (Å²) in [5, 5.41) is 0.453. The summed E-state index contributed by atoms with van der Waals surface area (Å²) in [4.78, 5) is 52.5. The average Bonchev–Trinajstić information content (AvgIpc) is 3.41. The number of nitrogens with zero attached hydrogens (tertiary/aromatic N) is 2. The van der Waals surface area contributed by atoms with Crippen LogP contribution in [0.15, 0.2) is 79.8 Å². The van der Waals surface area contributed by atoms with E-state index in [1.807, 2.05) is 19.1 Å². The molecule has 0 fully saturated rings. The summed E-state index contributed by atoms with van der Waals surface area (Å²) in [6.45, 7) is 8.76. The van der Waals surface area contributed by atoms with Gasteiger partial charge in [0.1, 0.15) is 5.66 Å². The molecule has 2 N–H and O–H groups in total. The lowest BCUT2D eigenvalue weighted by Gasteiger charge is -2.32. The van der Waals surface area contributed by atoms with E-state index in [4.69, 9.17) is 5.73 Å². The molecule has 0 aliphatic heterocycles. The second-order valence-electron chi connectivity index (χ2n) is 12.2. The minimum atomic E-state index is -1.40. The molecule has 0 bridgehead atoms. The van der Waals surface area contributed by atoms with Crippen LogP contribution in [0.5, 0.6) is 0 Å². The zero-order chi connectivity index (χ0) is 28.8. The van der Waals surface area contributed by atoms with Crippen LogP contribution in [0, 0.1) is 0 Å². The monoisotopic (exact) mass is 535 g/mol. The fraction of sp³-hybridized carbons (Fsp3) is 0.333. The minimum Gasteiger partial charge on any atom is -0.304 e. The Balaban J connectivity index is 1.51. The van der Waals surface area contributed by atoms with Crippen LogP contribution < -0.4 is 28.0 Å². The molecule has 0 spiro atoms. The molecule has 0 amide bonds. The van der Waals surface area contributed by atoms with Crippen molar-refractivity contribution in [1.82, 2.24) is 9.13 Å². The van der Waals surface area contributed by atoms with Gasteiger partial charge in [-0.2, -0.15) is 0 Å². The first kappa shape index (κ1) is 26.1. The van der Waals surface area contributed by atoms with Gasteiger partial charge in [-0.1, -0.05) is 82.6 Å². The molecule has 204 valence electrons. The van der Waals surface area contributed by atoms with Gasteiger partial charge in [-0.05, 0) is 52.6 Å². The molecule has 6 rings (SSSR count). The Hall–Kier alpha value is -4.10. The van der Waals surface area contributed by atoms with Crippen LogP contribution in [0.25, 0.3) is 21.5 Å². The largest absolute Gasteiger partial charge is 0.304 e. The molecule has 2 heterocycles. The summed E-state index contributed by atoms with van der Waals surface area (Å²) in [5.41, 5.74) is 7.79. The van der Waals surface area contributed by atoms with E-state index >= 15 is 0 Å². The number of rotatable bonds is 5. The van der Waals surface area contributed by atoms with Gasteiger partial charge in [-0.25, -0.2) is 0 Å². The number of nitrogens with two attached hydrogens (primary N) is 1. The Bertz CT molecular complexity index is 1960. The first-order valence-electron chi connectivity index (χ1n) is 13.7. The Morgan fingerprint density at radius 3 is 1.80 bits per heavy atom. The van der Waals surface area contributed by atoms with Crippen molar-refractivity contribution in [1.29, 1.82) is 0 Å². The van der Waals surface area contributed by atoms with Gasteiger partial charge in [-0.3, -0.25) is 28.3 Å². The van der Waals surface area contributed by atoms with Crippen molar-refractivity contribution in [2.24, 2.45) is 12.8 Å². The van der Waals surface area contributed by atoms with Crippen LogP contribution in [0.1, 0.15) is 69.2 Å². The van der Waals surface area contributed by atoms with Crippen molar-refractivity contribution in [2.75, 3.05) is 0 Å². The fourth-order valence-corrected chi connectivity index (χ4v) is 7.24. The number of benzene rings is 3. The third-order valence-electron chi connectivity index (χ3n) is 9.19. The van der Waals surface area contributed by atoms with Crippen LogP contribution in [-0.2, 0) is 23.5 Å². The molecular formula is C33H33N3O4. The predicted molar refractivity (Wildman–Crippen MR) is 159 cm³/mol. The molecular weight excluding hydrogens is 502 g/mol. The molecule has 1 aliphatic carbocycles. The summed E-state index contributed by atoms with van der Waals surface area (Å²) in [7, 11) is 1.38. The van der Waals surface area contributed by atoms with E-state index in [0.717, 1.165) is 21.1 Å². The molecule has 7 heteroatoms. The molecule has 2 atom stereocenters. The summed E-state index contributed by atoms with van der Waals surface area (Å²) in [6, 6.07) is 19.3. The highest BCUT2D eigenvalue weighted by atomic mass is 16.2. The Morgan fingerprint density at radius 2 is 1.27 bits per heavy atom. The van der Waals surface area contributed by atoms with Gasteiger partial charge in [-0.15, -0.1) is 0 Å². The van der Waals surface area contributed by atoms with Crippen LogP contribution >= 0.6 is 0 Å². The van der Waals surface area contributed by atoms with Crippen LogP contribution in [0.3, 0.4) is 0 Å².